The second-order valence-electron chi connectivity index (χ2n) is 2.80. The van der Waals surface area contributed by atoms with Crippen molar-refractivity contribution in [3.63, 3.8) is 0 Å². The molecule has 0 bridgehead atoms. The third-order valence-corrected chi connectivity index (χ3v) is 3.09. The highest BCUT2D eigenvalue weighted by atomic mass is 79.9. The first kappa shape index (κ1) is 12.2. The molecule has 1 rings (SSSR count). The smallest absolute Gasteiger partial charge is 0.305 e. The Labute approximate surface area is 98.4 Å². The van der Waals surface area contributed by atoms with Crippen molar-refractivity contribution < 1.29 is 14.7 Å². The lowest BCUT2D eigenvalue weighted by molar-refractivity contribution is -0.138. The summed E-state index contributed by atoms with van der Waals surface area (Å²) >= 11 is 4.58. The highest BCUT2D eigenvalue weighted by Gasteiger charge is 2.17. The first-order chi connectivity index (χ1) is 6.99. The maximum Gasteiger partial charge on any atom is 0.305 e. The van der Waals surface area contributed by atoms with Gasteiger partial charge in [0, 0.05) is 0 Å². The molecular formula is C8H9BrN2O3S. The predicted octanol–water partition coefficient (Wildman–Crippen LogP) is 1.25. The number of aliphatic carboxylic acids is 1. The Balaban J connectivity index is 2.52. The van der Waals surface area contributed by atoms with Gasteiger partial charge < -0.3 is 16.2 Å². The zero-order valence-corrected chi connectivity index (χ0v) is 9.97. The molecule has 0 aliphatic rings. The first-order valence-electron chi connectivity index (χ1n) is 4.02. The minimum Gasteiger partial charge on any atom is -0.481 e. The average molecular weight is 293 g/mol. The summed E-state index contributed by atoms with van der Waals surface area (Å²) in [6, 6.07) is 2.46. The lowest BCUT2D eigenvalue weighted by Crippen LogP contribution is -2.37. The quantitative estimate of drug-likeness (QED) is 0.779. The molecule has 0 saturated carbocycles. The van der Waals surface area contributed by atoms with Crippen LogP contribution in [0.2, 0.25) is 0 Å². The molecule has 0 radical (unpaired) electrons. The summed E-state index contributed by atoms with van der Waals surface area (Å²) in [5.74, 6) is -1.59. The van der Waals surface area contributed by atoms with Crippen molar-refractivity contribution in [1.29, 1.82) is 0 Å². The van der Waals surface area contributed by atoms with Crippen LogP contribution in [0, 0.1) is 0 Å². The Kier molecular flexibility index (Phi) is 4.25. The number of amides is 1. The zero-order valence-electron chi connectivity index (χ0n) is 7.57. The van der Waals surface area contributed by atoms with E-state index in [0.717, 1.165) is 3.79 Å². The van der Waals surface area contributed by atoms with Crippen LogP contribution in [0.4, 0.5) is 5.00 Å². The van der Waals surface area contributed by atoms with E-state index in [0.29, 0.717) is 5.00 Å². The Hall–Kier alpha value is -0.920. The Morgan fingerprint density at radius 3 is 2.73 bits per heavy atom. The molecule has 1 heterocycles. The van der Waals surface area contributed by atoms with Crippen LogP contribution < -0.4 is 11.1 Å². The van der Waals surface area contributed by atoms with Crippen molar-refractivity contribution in [3.8, 4) is 0 Å². The van der Waals surface area contributed by atoms with E-state index in [4.69, 9.17) is 10.8 Å². The van der Waals surface area contributed by atoms with Gasteiger partial charge in [0.15, 0.2) is 0 Å². The van der Waals surface area contributed by atoms with Gasteiger partial charge in [-0.15, -0.1) is 11.3 Å². The van der Waals surface area contributed by atoms with Gasteiger partial charge in [-0.25, -0.2) is 0 Å². The average Bonchev–Trinajstić information content (AvgIpc) is 2.50. The summed E-state index contributed by atoms with van der Waals surface area (Å²) < 4.78 is 0.879. The second kappa shape index (κ2) is 5.24. The fraction of sp³-hybridized carbons (Fsp3) is 0.250. The van der Waals surface area contributed by atoms with E-state index in [1.54, 1.807) is 12.1 Å². The number of halogens is 1. The van der Waals surface area contributed by atoms with Crippen molar-refractivity contribution >= 4 is 44.1 Å². The molecule has 1 aromatic rings. The van der Waals surface area contributed by atoms with Crippen molar-refractivity contribution in [3.05, 3.63) is 15.9 Å². The molecule has 0 fully saturated rings. The molecule has 1 aromatic heterocycles. The number of carbonyl (C=O) groups is 2. The maximum absolute atomic E-state index is 11.3. The highest BCUT2D eigenvalue weighted by molar-refractivity contribution is 9.11. The summed E-state index contributed by atoms with van der Waals surface area (Å²) in [6.07, 6.45) is -0.377. The third kappa shape index (κ3) is 3.98. The maximum atomic E-state index is 11.3. The van der Waals surface area contributed by atoms with Gasteiger partial charge in [0.05, 0.1) is 21.3 Å². The number of carboxylic acid groups (broad SMARTS) is 1. The van der Waals surface area contributed by atoms with E-state index in [-0.39, 0.29) is 6.42 Å². The van der Waals surface area contributed by atoms with Gasteiger partial charge >= 0.3 is 5.97 Å². The molecular weight excluding hydrogens is 284 g/mol. The Bertz CT molecular complexity index is 380. The van der Waals surface area contributed by atoms with Crippen LogP contribution in [-0.4, -0.2) is 23.0 Å². The van der Waals surface area contributed by atoms with Crippen LogP contribution in [-0.2, 0) is 9.59 Å². The van der Waals surface area contributed by atoms with E-state index in [1.165, 1.54) is 11.3 Å². The molecule has 1 atom stereocenters. The topological polar surface area (TPSA) is 92.4 Å². The van der Waals surface area contributed by atoms with Crippen LogP contribution in [0.1, 0.15) is 6.42 Å². The molecule has 82 valence electrons. The lowest BCUT2D eigenvalue weighted by Gasteiger charge is -2.07. The number of hydrogen-bond acceptors (Lipinski definition) is 4. The molecule has 15 heavy (non-hydrogen) atoms. The number of carbonyl (C=O) groups excluding carboxylic acids is 1. The fourth-order valence-electron chi connectivity index (χ4n) is 0.876. The Morgan fingerprint density at radius 2 is 2.27 bits per heavy atom. The number of nitrogens with one attached hydrogen (secondary N) is 1. The minimum absolute atomic E-state index is 0.377. The van der Waals surface area contributed by atoms with E-state index < -0.39 is 17.9 Å². The van der Waals surface area contributed by atoms with Crippen molar-refractivity contribution in [2.45, 2.75) is 12.5 Å². The van der Waals surface area contributed by atoms with Crippen molar-refractivity contribution in [2.75, 3.05) is 5.32 Å². The van der Waals surface area contributed by atoms with E-state index in [2.05, 4.69) is 21.2 Å². The predicted molar refractivity (Wildman–Crippen MR) is 60.9 cm³/mol. The third-order valence-electron chi connectivity index (χ3n) is 1.55. The van der Waals surface area contributed by atoms with Crippen LogP contribution in [0.5, 0.6) is 0 Å². The largest absolute Gasteiger partial charge is 0.481 e. The highest BCUT2D eigenvalue weighted by Crippen LogP contribution is 2.26. The molecule has 1 unspecified atom stereocenters. The van der Waals surface area contributed by atoms with Gasteiger partial charge in [0.2, 0.25) is 5.91 Å². The molecule has 0 aromatic carbocycles. The van der Waals surface area contributed by atoms with Crippen LogP contribution in [0.15, 0.2) is 15.9 Å². The molecule has 0 aliphatic heterocycles. The van der Waals surface area contributed by atoms with Crippen LogP contribution in [0.3, 0.4) is 0 Å². The summed E-state index contributed by atoms with van der Waals surface area (Å²) in [4.78, 5) is 21.7. The first-order valence-corrected chi connectivity index (χ1v) is 5.63. The number of hydrogen-bond donors (Lipinski definition) is 3. The Morgan fingerprint density at radius 1 is 1.60 bits per heavy atom. The van der Waals surface area contributed by atoms with Crippen molar-refractivity contribution in [1.82, 2.24) is 0 Å². The standard InChI is InChI=1S/C8H9BrN2O3S/c9-5-1-2-6(15-5)11-8(14)4(10)3-7(12)13/h1-2,4H,3,10H2,(H,11,14)(H,12,13). The fourth-order valence-corrected chi connectivity index (χ4v) is 2.17. The van der Waals surface area contributed by atoms with Gasteiger partial charge in [-0.1, -0.05) is 0 Å². The second-order valence-corrected chi connectivity index (χ2v) is 5.26. The van der Waals surface area contributed by atoms with E-state index in [1.807, 2.05) is 0 Å². The van der Waals surface area contributed by atoms with E-state index in [9.17, 15) is 9.59 Å². The molecule has 7 heteroatoms. The van der Waals surface area contributed by atoms with Crippen LogP contribution in [0.25, 0.3) is 0 Å². The number of nitrogens with two attached hydrogens (primary N) is 1. The van der Waals surface area contributed by atoms with E-state index >= 15 is 0 Å². The normalized spacial score (nSPS) is 12.1. The number of thiophene rings is 1. The number of carboxylic acids is 1. The van der Waals surface area contributed by atoms with Gasteiger partial charge in [-0.05, 0) is 28.1 Å². The SMILES string of the molecule is NC(CC(=O)O)C(=O)Nc1ccc(Br)s1. The van der Waals surface area contributed by atoms with Gasteiger partial charge in [0.25, 0.3) is 0 Å². The van der Waals surface area contributed by atoms with Gasteiger partial charge in [-0.2, -0.15) is 0 Å². The van der Waals surface area contributed by atoms with Gasteiger partial charge in [0.1, 0.15) is 0 Å². The molecule has 1 amide bonds. The number of anilines is 1. The molecule has 0 saturated heterocycles. The molecule has 5 nitrogen and oxygen atoms in total. The monoisotopic (exact) mass is 292 g/mol. The molecule has 4 N–H and O–H groups in total. The van der Waals surface area contributed by atoms with Crippen molar-refractivity contribution in [2.24, 2.45) is 5.73 Å². The van der Waals surface area contributed by atoms with Crippen LogP contribution >= 0.6 is 27.3 Å². The summed E-state index contributed by atoms with van der Waals surface area (Å²) in [5.41, 5.74) is 5.37. The molecule has 0 spiro atoms. The van der Waals surface area contributed by atoms with Gasteiger partial charge in [-0.3, -0.25) is 9.59 Å². The summed E-state index contributed by atoms with van der Waals surface area (Å²) in [6.45, 7) is 0. The lowest BCUT2D eigenvalue weighted by atomic mass is 10.2. The molecule has 0 aliphatic carbocycles. The minimum atomic E-state index is -1.09. The summed E-state index contributed by atoms with van der Waals surface area (Å²) in [5, 5.41) is 11.6. The summed E-state index contributed by atoms with van der Waals surface area (Å²) in [7, 11) is 0. The number of rotatable bonds is 4. The zero-order chi connectivity index (χ0) is 11.4.